The van der Waals surface area contributed by atoms with Gasteiger partial charge >= 0.3 is 11.6 Å². The van der Waals surface area contributed by atoms with Crippen molar-refractivity contribution in [1.29, 1.82) is 0 Å². The van der Waals surface area contributed by atoms with Gasteiger partial charge in [0.1, 0.15) is 18.0 Å². The first kappa shape index (κ1) is 17.7. The van der Waals surface area contributed by atoms with Gasteiger partial charge in [-0.1, -0.05) is 20.8 Å². The van der Waals surface area contributed by atoms with E-state index in [-0.39, 0.29) is 12.3 Å². The maximum atomic E-state index is 12.6. The number of hydrogen-bond acceptors (Lipinski definition) is 7. The molecule has 2 heterocycles. The van der Waals surface area contributed by atoms with Crippen molar-refractivity contribution in [2.24, 2.45) is 11.3 Å². The number of rotatable bonds is 1. The molecule has 1 aromatic rings. The summed E-state index contributed by atoms with van der Waals surface area (Å²) in [5, 5.41) is 32.4. The van der Waals surface area contributed by atoms with Crippen LogP contribution in [0.25, 0.3) is 0 Å². The Bertz CT molecular complexity index is 843. The molecule has 4 rings (SSSR count). The van der Waals surface area contributed by atoms with Crippen molar-refractivity contribution >= 4 is 5.97 Å². The molecule has 0 radical (unpaired) electrons. The Kier molecular flexibility index (Phi) is 3.53. The minimum atomic E-state index is -1.20. The van der Waals surface area contributed by atoms with Crippen LogP contribution in [0.2, 0.25) is 0 Å². The van der Waals surface area contributed by atoms with Gasteiger partial charge in [0.25, 0.3) is 0 Å². The summed E-state index contributed by atoms with van der Waals surface area (Å²) in [6, 6.07) is 1.27. The van der Waals surface area contributed by atoms with Crippen molar-refractivity contribution in [3.8, 4) is 0 Å². The van der Waals surface area contributed by atoms with Gasteiger partial charge in [-0.2, -0.15) is 0 Å². The van der Waals surface area contributed by atoms with Crippen molar-refractivity contribution < 1.29 is 29.3 Å². The monoisotopic (exact) mass is 364 g/mol. The standard InChI is InChI=1S/C19H24O7/c1-7(2)13-11-8(5-10(21)25-13)19(4)15-14(12(11)22)26-17(24)18(15,3)6-9(20)16(19)23/h5,7,9,12,14-16,20,22-23H,6H2,1-4H3/t9?,12?,14?,15-,16?,18-,19+/m0/s1. The molecular formula is C19H24O7. The third-order valence-electron chi connectivity index (χ3n) is 6.72. The van der Waals surface area contributed by atoms with E-state index < -0.39 is 52.8 Å². The number of carbonyl (C=O) groups is 1. The summed E-state index contributed by atoms with van der Waals surface area (Å²) in [6.07, 6.45) is -4.32. The smallest absolute Gasteiger partial charge is 0.336 e. The number of esters is 1. The summed E-state index contributed by atoms with van der Waals surface area (Å²) in [5.74, 6) is -0.940. The Balaban J connectivity index is 2.08. The maximum absolute atomic E-state index is 12.6. The van der Waals surface area contributed by atoms with E-state index in [0.29, 0.717) is 16.9 Å². The number of aliphatic hydroxyl groups is 3. The van der Waals surface area contributed by atoms with E-state index in [1.54, 1.807) is 13.8 Å². The Hall–Kier alpha value is -1.70. The van der Waals surface area contributed by atoms with Gasteiger partial charge in [-0.05, 0) is 18.9 Å². The van der Waals surface area contributed by atoms with Crippen molar-refractivity contribution in [3.05, 3.63) is 33.4 Å². The molecule has 0 amide bonds. The molecule has 0 bridgehead atoms. The second kappa shape index (κ2) is 5.18. The zero-order valence-electron chi connectivity index (χ0n) is 15.2. The average molecular weight is 364 g/mol. The fraction of sp³-hybridized carbons (Fsp3) is 0.684. The zero-order chi connectivity index (χ0) is 19.2. The third-order valence-corrected chi connectivity index (χ3v) is 6.72. The van der Waals surface area contributed by atoms with Gasteiger partial charge in [0.2, 0.25) is 0 Å². The quantitative estimate of drug-likeness (QED) is 0.629. The molecule has 1 saturated heterocycles. The largest absolute Gasteiger partial charge is 0.458 e. The average Bonchev–Trinajstić information content (AvgIpc) is 2.82. The van der Waals surface area contributed by atoms with Crippen molar-refractivity contribution in [2.75, 3.05) is 0 Å². The van der Waals surface area contributed by atoms with Crippen LogP contribution in [0, 0.1) is 11.3 Å². The highest BCUT2D eigenvalue weighted by atomic mass is 16.6. The number of carbonyl (C=O) groups excluding carboxylic acids is 1. The highest BCUT2D eigenvalue weighted by Gasteiger charge is 2.71. The van der Waals surface area contributed by atoms with Crippen molar-refractivity contribution in [1.82, 2.24) is 0 Å². The van der Waals surface area contributed by atoms with Crippen LogP contribution in [0.5, 0.6) is 0 Å². The number of aliphatic hydroxyl groups excluding tert-OH is 3. The lowest BCUT2D eigenvalue weighted by Crippen LogP contribution is -2.64. The van der Waals surface area contributed by atoms with Crippen LogP contribution >= 0.6 is 0 Å². The summed E-state index contributed by atoms with van der Waals surface area (Å²) < 4.78 is 10.9. The Labute approximate surface area is 150 Å². The lowest BCUT2D eigenvalue weighted by atomic mass is 9.48. The fourth-order valence-electron chi connectivity index (χ4n) is 5.60. The molecule has 4 unspecified atom stereocenters. The highest BCUT2D eigenvalue weighted by Crippen LogP contribution is 2.63. The third kappa shape index (κ3) is 1.88. The van der Waals surface area contributed by atoms with E-state index >= 15 is 0 Å². The highest BCUT2D eigenvalue weighted by molar-refractivity contribution is 5.81. The van der Waals surface area contributed by atoms with Crippen LogP contribution in [0.3, 0.4) is 0 Å². The molecule has 3 N–H and O–H groups in total. The van der Waals surface area contributed by atoms with E-state index in [0.717, 1.165) is 0 Å². The van der Waals surface area contributed by atoms with Crippen LogP contribution < -0.4 is 5.63 Å². The molecule has 7 nitrogen and oxygen atoms in total. The second-order valence-corrected chi connectivity index (χ2v) is 8.62. The van der Waals surface area contributed by atoms with Crippen LogP contribution in [0.4, 0.5) is 0 Å². The Morgan fingerprint density at radius 2 is 1.85 bits per heavy atom. The number of fused-ring (bicyclic) bond motifs is 2. The predicted molar refractivity (Wildman–Crippen MR) is 89.5 cm³/mol. The Morgan fingerprint density at radius 1 is 1.19 bits per heavy atom. The zero-order valence-corrected chi connectivity index (χ0v) is 15.2. The molecule has 2 aliphatic carbocycles. The first-order valence-electron chi connectivity index (χ1n) is 8.97. The van der Waals surface area contributed by atoms with Gasteiger partial charge in [0, 0.05) is 28.9 Å². The molecule has 0 spiro atoms. The van der Waals surface area contributed by atoms with Gasteiger partial charge in [0.15, 0.2) is 0 Å². The summed E-state index contributed by atoms with van der Waals surface area (Å²) in [7, 11) is 0. The van der Waals surface area contributed by atoms with Gasteiger partial charge < -0.3 is 24.5 Å². The van der Waals surface area contributed by atoms with Gasteiger partial charge in [-0.3, -0.25) is 4.79 Å². The number of hydrogen-bond donors (Lipinski definition) is 3. The summed E-state index contributed by atoms with van der Waals surface area (Å²) in [5.41, 5.74) is -1.95. The first-order valence-corrected chi connectivity index (χ1v) is 8.97. The maximum Gasteiger partial charge on any atom is 0.336 e. The molecule has 1 aliphatic heterocycles. The minimum absolute atomic E-state index is 0.0459. The molecule has 7 heteroatoms. The van der Waals surface area contributed by atoms with E-state index in [9.17, 15) is 24.9 Å². The lowest BCUT2D eigenvalue weighted by Gasteiger charge is -2.55. The first-order chi connectivity index (χ1) is 12.0. The minimum Gasteiger partial charge on any atom is -0.458 e. The van der Waals surface area contributed by atoms with E-state index in [2.05, 4.69) is 0 Å². The van der Waals surface area contributed by atoms with Crippen molar-refractivity contribution in [2.45, 2.75) is 69.9 Å². The van der Waals surface area contributed by atoms with Gasteiger partial charge in [-0.25, -0.2) is 4.79 Å². The lowest BCUT2D eigenvalue weighted by molar-refractivity contribution is -0.156. The molecule has 26 heavy (non-hydrogen) atoms. The van der Waals surface area contributed by atoms with Crippen LogP contribution in [0.1, 0.15) is 63.0 Å². The van der Waals surface area contributed by atoms with E-state index in [1.807, 2.05) is 13.8 Å². The second-order valence-electron chi connectivity index (χ2n) is 8.62. The molecule has 7 atom stereocenters. The van der Waals surface area contributed by atoms with Crippen LogP contribution in [0.15, 0.2) is 15.3 Å². The SMILES string of the molecule is CC(C)c1oc(=O)cc2c1C(O)C1OC(=O)[C@@]3(C)CC(O)C(O)[C@@]2(C)[C@@H]13. The summed E-state index contributed by atoms with van der Waals surface area (Å²) in [6.45, 7) is 7.08. The van der Waals surface area contributed by atoms with Crippen molar-refractivity contribution in [3.63, 3.8) is 0 Å². The van der Waals surface area contributed by atoms with Crippen LogP contribution in [-0.4, -0.2) is 39.6 Å². The topological polar surface area (TPSA) is 117 Å². The number of ether oxygens (including phenoxy) is 1. The fourth-order valence-corrected chi connectivity index (χ4v) is 5.60. The van der Waals surface area contributed by atoms with Gasteiger partial charge in [0.05, 0.1) is 17.6 Å². The van der Waals surface area contributed by atoms with E-state index in [1.165, 1.54) is 6.07 Å². The molecule has 2 fully saturated rings. The summed E-state index contributed by atoms with van der Waals surface area (Å²) in [4.78, 5) is 24.8. The normalized spacial score (nSPS) is 43.8. The molecular weight excluding hydrogens is 340 g/mol. The van der Waals surface area contributed by atoms with E-state index in [4.69, 9.17) is 9.15 Å². The molecule has 142 valence electrons. The van der Waals surface area contributed by atoms with Gasteiger partial charge in [-0.15, -0.1) is 0 Å². The van der Waals surface area contributed by atoms with Crippen LogP contribution in [-0.2, 0) is 14.9 Å². The summed E-state index contributed by atoms with van der Waals surface area (Å²) >= 11 is 0. The predicted octanol–water partition coefficient (Wildman–Crippen LogP) is 0.741. The Morgan fingerprint density at radius 3 is 2.46 bits per heavy atom. The molecule has 1 saturated carbocycles. The molecule has 0 aromatic carbocycles. The molecule has 1 aromatic heterocycles. The molecule has 3 aliphatic rings.